The molecule has 3 aromatic rings. The Balaban J connectivity index is 2.18. The number of halogens is 1. The van der Waals surface area contributed by atoms with Crippen molar-refractivity contribution < 1.29 is 4.79 Å². The summed E-state index contributed by atoms with van der Waals surface area (Å²) in [5.41, 5.74) is 7.67. The first-order valence-corrected chi connectivity index (χ1v) is 7.03. The van der Waals surface area contributed by atoms with E-state index in [0.29, 0.717) is 16.8 Å². The average molecular weight is 326 g/mol. The van der Waals surface area contributed by atoms with Crippen molar-refractivity contribution in [3.63, 3.8) is 0 Å². The lowest BCUT2D eigenvalue weighted by molar-refractivity contribution is 0.103. The van der Waals surface area contributed by atoms with Crippen LogP contribution in [0.1, 0.15) is 15.9 Å². The summed E-state index contributed by atoms with van der Waals surface area (Å²) in [6.07, 6.45) is 0. The average Bonchev–Trinajstić information content (AvgIpc) is 2.46. The Morgan fingerprint density at radius 2 is 1.65 bits per heavy atom. The van der Waals surface area contributed by atoms with Crippen LogP contribution in [-0.4, -0.2) is 5.78 Å². The van der Waals surface area contributed by atoms with Crippen molar-refractivity contribution in [1.29, 1.82) is 0 Å². The topological polar surface area (TPSA) is 43.1 Å². The van der Waals surface area contributed by atoms with Gasteiger partial charge in [-0.25, -0.2) is 0 Å². The van der Waals surface area contributed by atoms with Crippen molar-refractivity contribution in [2.24, 2.45) is 0 Å². The van der Waals surface area contributed by atoms with Gasteiger partial charge in [-0.3, -0.25) is 4.79 Å². The first-order valence-electron chi connectivity index (χ1n) is 6.24. The number of ketones is 1. The van der Waals surface area contributed by atoms with Gasteiger partial charge in [0.15, 0.2) is 5.78 Å². The number of benzene rings is 3. The molecule has 0 radical (unpaired) electrons. The molecule has 0 atom stereocenters. The van der Waals surface area contributed by atoms with Gasteiger partial charge in [0.2, 0.25) is 0 Å². The number of hydrogen-bond acceptors (Lipinski definition) is 2. The highest BCUT2D eigenvalue weighted by atomic mass is 79.9. The molecule has 3 heteroatoms. The number of nitrogens with two attached hydrogens (primary N) is 1. The van der Waals surface area contributed by atoms with E-state index in [-0.39, 0.29) is 5.78 Å². The van der Waals surface area contributed by atoms with Crippen molar-refractivity contribution in [2.45, 2.75) is 0 Å². The standard InChI is InChI=1S/C17H12BrNO/c18-16-10-12(19)8-9-15(16)17(20)14-7-3-5-11-4-1-2-6-13(11)14/h1-10H,19H2. The summed E-state index contributed by atoms with van der Waals surface area (Å²) in [7, 11) is 0. The Kier molecular flexibility index (Phi) is 3.28. The third kappa shape index (κ3) is 2.21. The van der Waals surface area contributed by atoms with Gasteiger partial charge in [0.25, 0.3) is 0 Å². The molecule has 2 nitrogen and oxygen atoms in total. The van der Waals surface area contributed by atoms with Gasteiger partial charge in [-0.2, -0.15) is 0 Å². The summed E-state index contributed by atoms with van der Waals surface area (Å²) < 4.78 is 0.718. The molecule has 0 bridgehead atoms. The second-order valence-corrected chi connectivity index (χ2v) is 5.45. The molecular formula is C17H12BrNO. The molecule has 20 heavy (non-hydrogen) atoms. The fourth-order valence-electron chi connectivity index (χ4n) is 2.28. The van der Waals surface area contributed by atoms with Gasteiger partial charge in [0.05, 0.1) is 0 Å². The Bertz CT molecular complexity index is 806. The summed E-state index contributed by atoms with van der Waals surface area (Å²) in [6.45, 7) is 0. The molecule has 0 saturated heterocycles. The zero-order valence-corrected chi connectivity index (χ0v) is 12.2. The van der Waals surface area contributed by atoms with Crippen LogP contribution < -0.4 is 5.73 Å². The number of anilines is 1. The predicted molar refractivity (Wildman–Crippen MR) is 85.9 cm³/mol. The Hall–Kier alpha value is -2.13. The first kappa shape index (κ1) is 12.9. The molecule has 0 spiro atoms. The highest BCUT2D eigenvalue weighted by molar-refractivity contribution is 9.10. The highest BCUT2D eigenvalue weighted by Crippen LogP contribution is 2.26. The molecule has 0 aliphatic carbocycles. The normalized spacial score (nSPS) is 10.7. The maximum absolute atomic E-state index is 12.7. The molecule has 0 heterocycles. The molecule has 3 aromatic carbocycles. The van der Waals surface area contributed by atoms with Crippen LogP contribution in [0.5, 0.6) is 0 Å². The number of rotatable bonds is 2. The largest absolute Gasteiger partial charge is 0.399 e. The van der Waals surface area contributed by atoms with Crippen LogP contribution in [0.3, 0.4) is 0 Å². The van der Waals surface area contributed by atoms with Gasteiger partial charge < -0.3 is 5.73 Å². The van der Waals surface area contributed by atoms with E-state index in [9.17, 15) is 4.79 Å². The zero-order valence-electron chi connectivity index (χ0n) is 10.6. The molecule has 0 aliphatic heterocycles. The third-order valence-electron chi connectivity index (χ3n) is 3.27. The quantitative estimate of drug-likeness (QED) is 0.560. The number of hydrogen-bond donors (Lipinski definition) is 1. The summed E-state index contributed by atoms with van der Waals surface area (Å²) >= 11 is 3.41. The minimum Gasteiger partial charge on any atom is -0.399 e. The van der Waals surface area contributed by atoms with E-state index in [1.54, 1.807) is 18.2 Å². The second kappa shape index (κ2) is 5.10. The number of carbonyl (C=O) groups is 1. The fraction of sp³-hybridized carbons (Fsp3) is 0. The second-order valence-electron chi connectivity index (χ2n) is 4.60. The summed E-state index contributed by atoms with van der Waals surface area (Å²) in [6, 6.07) is 18.9. The minimum absolute atomic E-state index is 0.00586. The molecule has 0 fully saturated rings. The number of fused-ring (bicyclic) bond motifs is 1. The van der Waals surface area contributed by atoms with Crippen LogP contribution >= 0.6 is 15.9 Å². The van der Waals surface area contributed by atoms with E-state index >= 15 is 0 Å². The van der Waals surface area contributed by atoms with E-state index in [2.05, 4.69) is 15.9 Å². The summed E-state index contributed by atoms with van der Waals surface area (Å²) in [5.74, 6) is -0.00586. The van der Waals surface area contributed by atoms with Crippen molar-refractivity contribution >= 4 is 38.2 Å². The smallest absolute Gasteiger partial charge is 0.194 e. The number of nitrogen functional groups attached to an aromatic ring is 1. The minimum atomic E-state index is -0.00586. The van der Waals surface area contributed by atoms with Gasteiger partial charge in [-0.1, -0.05) is 42.5 Å². The maximum Gasteiger partial charge on any atom is 0.194 e. The maximum atomic E-state index is 12.7. The van der Waals surface area contributed by atoms with Crippen molar-refractivity contribution in [1.82, 2.24) is 0 Å². The van der Waals surface area contributed by atoms with Crippen LogP contribution in [0.25, 0.3) is 10.8 Å². The van der Waals surface area contributed by atoms with Gasteiger partial charge in [-0.15, -0.1) is 0 Å². The lowest BCUT2D eigenvalue weighted by atomic mass is 9.97. The molecule has 0 saturated carbocycles. The van der Waals surface area contributed by atoms with Gasteiger partial charge in [-0.05, 0) is 44.9 Å². The molecule has 0 aliphatic rings. The van der Waals surface area contributed by atoms with Crippen LogP contribution in [0.2, 0.25) is 0 Å². The molecule has 98 valence electrons. The Morgan fingerprint density at radius 1 is 0.900 bits per heavy atom. The van der Waals surface area contributed by atoms with Gasteiger partial charge >= 0.3 is 0 Å². The summed E-state index contributed by atoms with van der Waals surface area (Å²) in [5, 5.41) is 2.02. The van der Waals surface area contributed by atoms with E-state index < -0.39 is 0 Å². The van der Waals surface area contributed by atoms with Gasteiger partial charge in [0, 0.05) is 21.3 Å². The number of carbonyl (C=O) groups excluding carboxylic acids is 1. The fourth-order valence-corrected chi connectivity index (χ4v) is 2.86. The van der Waals surface area contributed by atoms with Crippen LogP contribution in [0, 0.1) is 0 Å². The molecule has 2 N–H and O–H groups in total. The van der Waals surface area contributed by atoms with Crippen molar-refractivity contribution in [2.75, 3.05) is 5.73 Å². The monoisotopic (exact) mass is 325 g/mol. The zero-order chi connectivity index (χ0) is 14.1. The Morgan fingerprint density at radius 3 is 2.45 bits per heavy atom. The highest BCUT2D eigenvalue weighted by Gasteiger charge is 2.15. The molecule has 0 amide bonds. The predicted octanol–water partition coefficient (Wildman–Crippen LogP) is 4.42. The molecular weight excluding hydrogens is 314 g/mol. The lowest BCUT2D eigenvalue weighted by Crippen LogP contribution is -2.03. The van der Waals surface area contributed by atoms with Crippen LogP contribution in [-0.2, 0) is 0 Å². The third-order valence-corrected chi connectivity index (χ3v) is 3.93. The van der Waals surface area contributed by atoms with Crippen LogP contribution in [0.15, 0.2) is 65.1 Å². The molecule has 0 unspecified atom stereocenters. The lowest BCUT2D eigenvalue weighted by Gasteiger charge is -2.08. The van der Waals surface area contributed by atoms with Gasteiger partial charge in [0.1, 0.15) is 0 Å². The van der Waals surface area contributed by atoms with Crippen molar-refractivity contribution in [3.8, 4) is 0 Å². The van der Waals surface area contributed by atoms with Crippen LogP contribution in [0.4, 0.5) is 5.69 Å². The van der Waals surface area contributed by atoms with E-state index in [0.717, 1.165) is 15.2 Å². The SMILES string of the molecule is Nc1ccc(C(=O)c2cccc3ccccc23)c(Br)c1. The molecule has 3 rings (SSSR count). The van der Waals surface area contributed by atoms with E-state index in [4.69, 9.17) is 5.73 Å². The first-order chi connectivity index (χ1) is 9.66. The summed E-state index contributed by atoms with van der Waals surface area (Å²) in [4.78, 5) is 12.7. The van der Waals surface area contributed by atoms with Crippen molar-refractivity contribution in [3.05, 3.63) is 76.3 Å². The van der Waals surface area contributed by atoms with E-state index in [1.165, 1.54) is 0 Å². The molecule has 0 aromatic heterocycles. The van der Waals surface area contributed by atoms with E-state index in [1.807, 2.05) is 42.5 Å². The Labute approximate surface area is 125 Å².